The predicted molar refractivity (Wildman–Crippen MR) is 70.1 cm³/mol. The third-order valence-electron chi connectivity index (χ3n) is 2.60. The third kappa shape index (κ3) is 5.09. The number of rotatable bonds is 7. The minimum atomic E-state index is -1.27. The van der Waals surface area contributed by atoms with Gasteiger partial charge in [-0.25, -0.2) is 4.39 Å². The van der Waals surface area contributed by atoms with E-state index in [9.17, 15) is 18.8 Å². The molecule has 1 rings (SSSR count). The molecule has 0 bridgehead atoms. The summed E-state index contributed by atoms with van der Waals surface area (Å²) in [6, 6.07) is 3.94. The number of carbonyl (C=O) groups is 3. The van der Waals surface area contributed by atoms with Crippen LogP contribution >= 0.6 is 0 Å². The Morgan fingerprint density at radius 3 is 2.48 bits per heavy atom. The minimum absolute atomic E-state index is 0.0331. The molecule has 0 unspecified atom stereocenters. The molecule has 0 aliphatic rings. The highest BCUT2D eigenvalue weighted by Crippen LogP contribution is 2.18. The molecule has 0 heterocycles. The normalized spacial score (nSPS) is 10.0. The fourth-order valence-electron chi connectivity index (χ4n) is 1.69. The largest absolute Gasteiger partial charge is 0.494 e. The van der Waals surface area contributed by atoms with Crippen LogP contribution in [-0.4, -0.2) is 48.0 Å². The molecular formula is C13H15FN2O5. The molecule has 21 heavy (non-hydrogen) atoms. The van der Waals surface area contributed by atoms with E-state index in [-0.39, 0.29) is 12.2 Å². The molecule has 0 aliphatic heterocycles. The molecule has 0 aliphatic carbocycles. The lowest BCUT2D eigenvalue weighted by Crippen LogP contribution is -2.42. The van der Waals surface area contributed by atoms with Gasteiger partial charge < -0.3 is 20.5 Å². The number of ether oxygens (including phenoxy) is 1. The second kappa shape index (κ2) is 7.22. The van der Waals surface area contributed by atoms with E-state index < -0.39 is 36.7 Å². The lowest BCUT2D eigenvalue weighted by Gasteiger charge is -2.19. The van der Waals surface area contributed by atoms with Gasteiger partial charge in [0, 0.05) is 0 Å². The van der Waals surface area contributed by atoms with Crippen LogP contribution in [0.5, 0.6) is 5.75 Å². The van der Waals surface area contributed by atoms with Crippen molar-refractivity contribution in [1.29, 1.82) is 0 Å². The highest BCUT2D eigenvalue weighted by atomic mass is 19.1. The van der Waals surface area contributed by atoms with Crippen molar-refractivity contribution < 1.29 is 28.6 Å². The molecule has 0 fully saturated rings. The second-order valence-corrected chi connectivity index (χ2v) is 4.26. The van der Waals surface area contributed by atoms with E-state index in [4.69, 9.17) is 15.6 Å². The average molecular weight is 298 g/mol. The van der Waals surface area contributed by atoms with Gasteiger partial charge in [-0.2, -0.15) is 0 Å². The fourth-order valence-corrected chi connectivity index (χ4v) is 1.69. The van der Waals surface area contributed by atoms with Crippen LogP contribution < -0.4 is 10.5 Å². The van der Waals surface area contributed by atoms with Crippen LogP contribution in [-0.2, 0) is 20.8 Å². The Kier molecular flexibility index (Phi) is 5.65. The van der Waals surface area contributed by atoms with E-state index in [1.807, 2.05) is 0 Å². The van der Waals surface area contributed by atoms with Crippen LogP contribution in [0.2, 0.25) is 0 Å². The van der Waals surface area contributed by atoms with Crippen LogP contribution in [0.3, 0.4) is 0 Å². The molecule has 2 amide bonds. The first kappa shape index (κ1) is 16.4. The Morgan fingerprint density at radius 2 is 2.00 bits per heavy atom. The van der Waals surface area contributed by atoms with Crippen molar-refractivity contribution >= 4 is 17.8 Å². The molecule has 0 saturated carbocycles. The van der Waals surface area contributed by atoms with Gasteiger partial charge in [-0.1, -0.05) is 6.07 Å². The van der Waals surface area contributed by atoms with Crippen LogP contribution in [0, 0.1) is 5.82 Å². The Labute approximate surface area is 120 Å². The number of amides is 2. The summed E-state index contributed by atoms with van der Waals surface area (Å²) < 4.78 is 18.3. The fraction of sp³-hybridized carbons (Fsp3) is 0.308. The summed E-state index contributed by atoms with van der Waals surface area (Å²) in [7, 11) is 1.31. The van der Waals surface area contributed by atoms with Crippen molar-refractivity contribution in [2.45, 2.75) is 6.42 Å². The van der Waals surface area contributed by atoms with E-state index in [2.05, 4.69) is 0 Å². The van der Waals surface area contributed by atoms with Crippen LogP contribution in [0.4, 0.5) is 4.39 Å². The Bertz CT molecular complexity index is 545. The third-order valence-corrected chi connectivity index (χ3v) is 2.60. The lowest BCUT2D eigenvalue weighted by atomic mass is 10.1. The summed E-state index contributed by atoms with van der Waals surface area (Å²) in [6.45, 7) is -1.16. The summed E-state index contributed by atoms with van der Waals surface area (Å²) in [6.07, 6.45) is -0.249. The lowest BCUT2D eigenvalue weighted by molar-refractivity contribution is -0.145. The molecule has 0 atom stereocenters. The summed E-state index contributed by atoms with van der Waals surface area (Å²) in [4.78, 5) is 34.3. The SMILES string of the molecule is COc1ccc(CC(=O)N(CC(N)=O)CC(=O)O)cc1F. The summed E-state index contributed by atoms with van der Waals surface area (Å²) in [5, 5.41) is 8.70. The minimum Gasteiger partial charge on any atom is -0.494 e. The molecule has 1 aromatic carbocycles. The molecule has 0 saturated heterocycles. The zero-order valence-electron chi connectivity index (χ0n) is 11.3. The molecule has 0 aromatic heterocycles. The predicted octanol–water partition coefficient (Wildman–Crippen LogP) is -0.225. The van der Waals surface area contributed by atoms with Crippen molar-refractivity contribution in [2.75, 3.05) is 20.2 Å². The van der Waals surface area contributed by atoms with Crippen molar-refractivity contribution in [3.63, 3.8) is 0 Å². The van der Waals surface area contributed by atoms with Crippen LogP contribution in [0.15, 0.2) is 18.2 Å². The number of aliphatic carboxylic acids is 1. The number of halogens is 1. The van der Waals surface area contributed by atoms with Gasteiger partial charge in [-0.15, -0.1) is 0 Å². The zero-order valence-corrected chi connectivity index (χ0v) is 11.3. The van der Waals surface area contributed by atoms with Gasteiger partial charge in [0.25, 0.3) is 0 Å². The van der Waals surface area contributed by atoms with Gasteiger partial charge in [0.2, 0.25) is 11.8 Å². The standard InChI is InChI=1S/C13H15FN2O5/c1-21-10-3-2-8(4-9(10)14)5-12(18)16(6-11(15)17)7-13(19)20/h2-4H,5-7H2,1H3,(H2,15,17)(H,19,20). The summed E-state index contributed by atoms with van der Waals surface area (Å²) in [5.41, 5.74) is 5.29. The molecule has 8 heteroatoms. The first-order chi connectivity index (χ1) is 9.83. The number of primary amides is 1. The maximum Gasteiger partial charge on any atom is 0.323 e. The number of benzene rings is 1. The van der Waals surface area contributed by atoms with E-state index in [0.29, 0.717) is 5.56 Å². The van der Waals surface area contributed by atoms with E-state index >= 15 is 0 Å². The second-order valence-electron chi connectivity index (χ2n) is 4.26. The van der Waals surface area contributed by atoms with Gasteiger partial charge in [-0.3, -0.25) is 14.4 Å². The first-order valence-electron chi connectivity index (χ1n) is 5.93. The number of carboxylic acids is 1. The van der Waals surface area contributed by atoms with Crippen molar-refractivity contribution in [1.82, 2.24) is 4.90 Å². The van der Waals surface area contributed by atoms with Gasteiger partial charge >= 0.3 is 5.97 Å². The van der Waals surface area contributed by atoms with E-state index in [1.165, 1.54) is 19.2 Å². The molecule has 1 aromatic rings. The first-order valence-corrected chi connectivity index (χ1v) is 5.93. The Balaban J connectivity index is 2.82. The number of hydrogen-bond donors (Lipinski definition) is 2. The van der Waals surface area contributed by atoms with Crippen molar-refractivity contribution in [3.05, 3.63) is 29.6 Å². The van der Waals surface area contributed by atoms with Gasteiger partial charge in [0.1, 0.15) is 6.54 Å². The summed E-state index contributed by atoms with van der Waals surface area (Å²) >= 11 is 0. The molecule has 114 valence electrons. The molecule has 3 N–H and O–H groups in total. The molecule has 0 radical (unpaired) electrons. The molecule has 7 nitrogen and oxygen atoms in total. The maximum absolute atomic E-state index is 13.5. The van der Waals surface area contributed by atoms with Crippen molar-refractivity contribution in [3.8, 4) is 5.75 Å². The van der Waals surface area contributed by atoms with Crippen LogP contribution in [0.25, 0.3) is 0 Å². The average Bonchev–Trinajstić information content (AvgIpc) is 2.37. The number of nitrogens with zero attached hydrogens (tertiary/aromatic N) is 1. The van der Waals surface area contributed by atoms with Gasteiger partial charge in [0.15, 0.2) is 11.6 Å². The number of carboxylic acid groups (broad SMARTS) is 1. The number of nitrogens with two attached hydrogens (primary N) is 1. The van der Waals surface area contributed by atoms with Gasteiger partial charge in [0.05, 0.1) is 20.1 Å². The number of hydrogen-bond acceptors (Lipinski definition) is 4. The van der Waals surface area contributed by atoms with E-state index in [1.54, 1.807) is 0 Å². The van der Waals surface area contributed by atoms with Gasteiger partial charge in [-0.05, 0) is 17.7 Å². The quantitative estimate of drug-likeness (QED) is 0.723. The highest BCUT2D eigenvalue weighted by molar-refractivity contribution is 5.87. The summed E-state index contributed by atoms with van der Waals surface area (Å²) in [5.74, 6) is -3.34. The maximum atomic E-state index is 13.5. The van der Waals surface area contributed by atoms with E-state index in [0.717, 1.165) is 11.0 Å². The Morgan fingerprint density at radius 1 is 1.33 bits per heavy atom. The Hall–Kier alpha value is -2.64. The monoisotopic (exact) mass is 298 g/mol. The highest BCUT2D eigenvalue weighted by Gasteiger charge is 2.19. The van der Waals surface area contributed by atoms with Crippen LogP contribution in [0.1, 0.15) is 5.56 Å². The molecular weight excluding hydrogens is 283 g/mol. The molecule has 0 spiro atoms. The zero-order chi connectivity index (χ0) is 16.0. The number of carbonyl (C=O) groups excluding carboxylic acids is 2. The number of methoxy groups -OCH3 is 1. The smallest absolute Gasteiger partial charge is 0.323 e. The van der Waals surface area contributed by atoms with Crippen molar-refractivity contribution in [2.24, 2.45) is 5.73 Å². The topological polar surface area (TPSA) is 110 Å².